The molecule has 2 N–H and O–H groups in total. The Balaban J connectivity index is 2.34. The third-order valence-corrected chi connectivity index (χ3v) is 3.19. The normalized spacial score (nSPS) is 20.9. The van der Waals surface area contributed by atoms with Crippen LogP contribution in [-0.2, 0) is 4.74 Å². The smallest absolute Gasteiger partial charge is 0.0992 e. The predicted octanol–water partition coefficient (Wildman–Crippen LogP) is 2.53. The summed E-state index contributed by atoms with van der Waals surface area (Å²) >= 11 is 0. The van der Waals surface area contributed by atoms with Crippen molar-refractivity contribution >= 4 is 11.4 Å². The van der Waals surface area contributed by atoms with Crippen LogP contribution in [0.15, 0.2) is 18.2 Å². The summed E-state index contributed by atoms with van der Waals surface area (Å²) in [5.41, 5.74) is 7.84. The van der Waals surface area contributed by atoms with Crippen molar-refractivity contribution in [1.29, 1.82) is 5.26 Å². The quantitative estimate of drug-likeness (QED) is 0.787. The lowest BCUT2D eigenvalue weighted by Gasteiger charge is -2.48. The Morgan fingerprint density at radius 3 is 2.26 bits per heavy atom. The molecule has 19 heavy (non-hydrogen) atoms. The molecule has 0 bridgehead atoms. The maximum atomic E-state index is 8.89. The number of nitrogen functional groups attached to an aromatic ring is 1. The molecule has 0 atom stereocenters. The number of nitrogens with two attached hydrogens (primary N) is 1. The largest absolute Gasteiger partial charge is 0.397 e. The number of nitriles is 1. The fourth-order valence-electron chi connectivity index (χ4n) is 2.87. The number of rotatable bonds is 1. The zero-order valence-electron chi connectivity index (χ0n) is 12.0. The first-order valence-corrected chi connectivity index (χ1v) is 6.47. The van der Waals surface area contributed by atoms with Crippen LogP contribution in [0.1, 0.15) is 33.3 Å². The first-order valence-electron chi connectivity index (χ1n) is 6.47. The molecule has 0 radical (unpaired) electrons. The average Bonchev–Trinajstić information content (AvgIpc) is 2.24. The molecule has 1 heterocycles. The van der Waals surface area contributed by atoms with E-state index in [2.05, 4.69) is 38.7 Å². The zero-order chi connectivity index (χ0) is 14.3. The van der Waals surface area contributed by atoms with Crippen LogP contribution in [-0.4, -0.2) is 24.3 Å². The van der Waals surface area contributed by atoms with Crippen LogP contribution < -0.4 is 10.6 Å². The van der Waals surface area contributed by atoms with E-state index < -0.39 is 0 Å². The molecule has 1 aromatic rings. The van der Waals surface area contributed by atoms with E-state index in [1.807, 2.05) is 6.07 Å². The second-order valence-electron chi connectivity index (χ2n) is 6.36. The molecule has 1 saturated heterocycles. The summed E-state index contributed by atoms with van der Waals surface area (Å²) in [4.78, 5) is 2.24. The molecule has 4 nitrogen and oxygen atoms in total. The maximum absolute atomic E-state index is 8.89. The van der Waals surface area contributed by atoms with Crippen LogP contribution in [0.3, 0.4) is 0 Å². The molecular formula is C15H21N3O. The lowest BCUT2D eigenvalue weighted by atomic mass is 9.98. The second kappa shape index (κ2) is 4.43. The van der Waals surface area contributed by atoms with E-state index in [0.717, 1.165) is 18.8 Å². The molecule has 0 amide bonds. The summed E-state index contributed by atoms with van der Waals surface area (Å²) in [6.45, 7) is 9.90. The third kappa shape index (κ3) is 2.99. The summed E-state index contributed by atoms with van der Waals surface area (Å²) in [6, 6.07) is 7.56. The van der Waals surface area contributed by atoms with Crippen molar-refractivity contribution < 1.29 is 4.74 Å². The van der Waals surface area contributed by atoms with Crippen molar-refractivity contribution in [2.45, 2.75) is 38.9 Å². The third-order valence-electron chi connectivity index (χ3n) is 3.19. The second-order valence-corrected chi connectivity index (χ2v) is 6.36. The van der Waals surface area contributed by atoms with Crippen LogP contribution in [0.5, 0.6) is 0 Å². The molecule has 0 saturated carbocycles. The molecule has 1 aliphatic rings. The number of hydrogen-bond acceptors (Lipinski definition) is 4. The summed E-state index contributed by atoms with van der Waals surface area (Å²) < 4.78 is 6.06. The van der Waals surface area contributed by atoms with Gasteiger partial charge in [-0.15, -0.1) is 0 Å². The van der Waals surface area contributed by atoms with Gasteiger partial charge in [0.15, 0.2) is 0 Å². The summed E-state index contributed by atoms with van der Waals surface area (Å²) in [5.74, 6) is 0. The standard InChI is InChI=1S/C15H21N3O/c1-14(2)9-18(10-15(3,4)19-14)13-6-5-11(8-16)7-12(13)17/h5-7H,9-10,17H2,1-4H3. The number of nitrogens with zero attached hydrogens (tertiary/aromatic N) is 2. The molecule has 0 aromatic heterocycles. The minimum absolute atomic E-state index is 0.220. The Labute approximate surface area is 114 Å². The highest BCUT2D eigenvalue weighted by Crippen LogP contribution is 2.34. The van der Waals surface area contributed by atoms with E-state index in [4.69, 9.17) is 15.7 Å². The van der Waals surface area contributed by atoms with Gasteiger partial charge in [-0.3, -0.25) is 0 Å². The van der Waals surface area contributed by atoms with Gasteiger partial charge in [0.1, 0.15) is 0 Å². The number of hydrogen-bond donors (Lipinski definition) is 1. The molecule has 1 aromatic carbocycles. The maximum Gasteiger partial charge on any atom is 0.0992 e. The molecule has 1 aliphatic heterocycles. The average molecular weight is 259 g/mol. The van der Waals surface area contributed by atoms with Crippen LogP contribution >= 0.6 is 0 Å². The van der Waals surface area contributed by atoms with Gasteiger partial charge in [-0.25, -0.2) is 0 Å². The van der Waals surface area contributed by atoms with Gasteiger partial charge in [0.05, 0.1) is 34.2 Å². The highest BCUT2D eigenvalue weighted by molar-refractivity contribution is 5.70. The van der Waals surface area contributed by atoms with Gasteiger partial charge < -0.3 is 15.4 Å². The van der Waals surface area contributed by atoms with Gasteiger partial charge in [-0.05, 0) is 45.9 Å². The number of benzene rings is 1. The van der Waals surface area contributed by atoms with Crippen LogP contribution in [0, 0.1) is 11.3 Å². The van der Waals surface area contributed by atoms with Gasteiger partial charge in [0.2, 0.25) is 0 Å². The van der Waals surface area contributed by atoms with Crippen molar-refractivity contribution in [2.24, 2.45) is 0 Å². The Kier molecular flexibility index (Phi) is 3.19. The highest BCUT2D eigenvalue weighted by atomic mass is 16.5. The van der Waals surface area contributed by atoms with Crippen LogP contribution in [0.25, 0.3) is 0 Å². The van der Waals surface area contributed by atoms with Crippen molar-refractivity contribution in [3.63, 3.8) is 0 Å². The van der Waals surface area contributed by atoms with E-state index >= 15 is 0 Å². The molecule has 102 valence electrons. The lowest BCUT2D eigenvalue weighted by Crippen LogP contribution is -2.57. The summed E-state index contributed by atoms with van der Waals surface area (Å²) in [7, 11) is 0. The summed E-state index contributed by atoms with van der Waals surface area (Å²) in [5, 5.41) is 8.89. The Morgan fingerprint density at radius 1 is 1.21 bits per heavy atom. The SMILES string of the molecule is CC1(C)CN(c2ccc(C#N)cc2N)CC(C)(C)O1. The lowest BCUT2D eigenvalue weighted by molar-refractivity contribution is -0.133. The predicted molar refractivity (Wildman–Crippen MR) is 77.0 cm³/mol. The fourth-order valence-corrected chi connectivity index (χ4v) is 2.87. The van der Waals surface area contributed by atoms with Gasteiger partial charge in [0, 0.05) is 13.1 Å². The van der Waals surface area contributed by atoms with Crippen molar-refractivity contribution in [1.82, 2.24) is 0 Å². The topological polar surface area (TPSA) is 62.3 Å². The molecule has 0 unspecified atom stereocenters. The van der Waals surface area contributed by atoms with Gasteiger partial charge >= 0.3 is 0 Å². The van der Waals surface area contributed by atoms with Gasteiger partial charge in [-0.2, -0.15) is 5.26 Å². The summed E-state index contributed by atoms with van der Waals surface area (Å²) in [6.07, 6.45) is 0. The van der Waals surface area contributed by atoms with E-state index in [1.165, 1.54) is 0 Å². The number of morpholine rings is 1. The molecule has 4 heteroatoms. The van der Waals surface area contributed by atoms with Crippen molar-refractivity contribution in [3.05, 3.63) is 23.8 Å². The highest BCUT2D eigenvalue weighted by Gasteiger charge is 2.38. The minimum atomic E-state index is -0.220. The van der Waals surface area contributed by atoms with Gasteiger partial charge in [0.25, 0.3) is 0 Å². The van der Waals surface area contributed by atoms with Gasteiger partial charge in [-0.1, -0.05) is 0 Å². The molecule has 1 fully saturated rings. The van der Waals surface area contributed by atoms with Crippen LogP contribution in [0.4, 0.5) is 11.4 Å². The monoisotopic (exact) mass is 259 g/mol. The minimum Gasteiger partial charge on any atom is -0.397 e. The first kappa shape index (κ1) is 13.7. The molecular weight excluding hydrogens is 238 g/mol. The van der Waals surface area contributed by atoms with Crippen LogP contribution in [0.2, 0.25) is 0 Å². The Morgan fingerprint density at radius 2 is 1.79 bits per heavy atom. The van der Waals surface area contributed by atoms with E-state index in [9.17, 15) is 0 Å². The van der Waals surface area contributed by atoms with E-state index in [0.29, 0.717) is 11.3 Å². The zero-order valence-corrected chi connectivity index (χ0v) is 12.0. The van der Waals surface area contributed by atoms with E-state index in [-0.39, 0.29) is 11.2 Å². The Bertz CT molecular complexity index is 513. The van der Waals surface area contributed by atoms with Crippen molar-refractivity contribution in [2.75, 3.05) is 23.7 Å². The fraction of sp³-hybridized carbons (Fsp3) is 0.533. The number of anilines is 2. The van der Waals surface area contributed by atoms with E-state index in [1.54, 1.807) is 12.1 Å². The van der Waals surface area contributed by atoms with Crippen molar-refractivity contribution in [3.8, 4) is 6.07 Å². The first-order chi connectivity index (χ1) is 8.72. The molecule has 0 spiro atoms. The molecule has 0 aliphatic carbocycles. The Hall–Kier alpha value is -1.73. The molecule has 2 rings (SSSR count). The number of ether oxygens (including phenoxy) is 1.